The topological polar surface area (TPSA) is 51.1 Å². The molecular weight excluding hydrogens is 438 g/mol. The Morgan fingerprint density at radius 3 is 2.42 bits per heavy atom. The maximum absolute atomic E-state index is 14.0. The van der Waals surface area contributed by atoms with Gasteiger partial charge in [-0.2, -0.15) is 0 Å². The van der Waals surface area contributed by atoms with Crippen LogP contribution in [0.15, 0.2) is 66.7 Å². The second-order valence-corrected chi connectivity index (χ2v) is 8.00. The quantitative estimate of drug-likeness (QED) is 0.285. The molecule has 4 rings (SSSR count). The summed E-state index contributed by atoms with van der Waals surface area (Å²) >= 11 is 11.9. The van der Waals surface area contributed by atoms with E-state index < -0.39 is 17.5 Å². The standard InChI is InChI=1S/C24H17Cl2FN2O2/c1-14-22(23(30)24(31)28-19-4-2-3-17(26)11-19)20-12-18(27)9-10-21(20)29(14)13-15-5-7-16(25)8-6-15/h2-12H,13H2,1H3,(H,28,31). The molecule has 3 aromatic carbocycles. The molecule has 0 aliphatic heterocycles. The number of nitrogens with one attached hydrogen (secondary N) is 1. The fraction of sp³-hybridized carbons (Fsp3) is 0.0833. The highest BCUT2D eigenvalue weighted by Crippen LogP contribution is 2.29. The lowest BCUT2D eigenvalue weighted by Crippen LogP contribution is -2.23. The molecule has 156 valence electrons. The molecule has 1 heterocycles. The second-order valence-electron chi connectivity index (χ2n) is 7.13. The number of carbonyl (C=O) groups excluding carboxylic acids is 2. The monoisotopic (exact) mass is 454 g/mol. The molecule has 31 heavy (non-hydrogen) atoms. The summed E-state index contributed by atoms with van der Waals surface area (Å²) in [6.07, 6.45) is 0. The first-order chi connectivity index (χ1) is 14.8. The molecule has 4 aromatic rings. The van der Waals surface area contributed by atoms with Crippen LogP contribution in [0.2, 0.25) is 10.0 Å². The van der Waals surface area contributed by atoms with Gasteiger partial charge in [-0.1, -0.05) is 41.4 Å². The zero-order valence-corrected chi connectivity index (χ0v) is 18.0. The van der Waals surface area contributed by atoms with E-state index in [4.69, 9.17) is 23.2 Å². The van der Waals surface area contributed by atoms with Crippen LogP contribution >= 0.6 is 23.2 Å². The van der Waals surface area contributed by atoms with Crippen molar-refractivity contribution in [1.82, 2.24) is 4.57 Å². The lowest BCUT2D eigenvalue weighted by Gasteiger charge is -2.09. The molecule has 1 amide bonds. The van der Waals surface area contributed by atoms with Crippen LogP contribution in [0.4, 0.5) is 10.1 Å². The number of carbonyl (C=O) groups is 2. The summed E-state index contributed by atoms with van der Waals surface area (Å²) < 4.78 is 15.9. The molecule has 0 aliphatic rings. The Balaban J connectivity index is 1.75. The van der Waals surface area contributed by atoms with Crippen molar-refractivity contribution in [3.63, 3.8) is 0 Å². The molecule has 0 saturated heterocycles. The molecule has 0 aliphatic carbocycles. The highest BCUT2D eigenvalue weighted by atomic mass is 35.5. The summed E-state index contributed by atoms with van der Waals surface area (Å²) in [4.78, 5) is 25.8. The largest absolute Gasteiger partial charge is 0.340 e. The average Bonchev–Trinajstić information content (AvgIpc) is 2.99. The Morgan fingerprint density at radius 2 is 1.71 bits per heavy atom. The van der Waals surface area contributed by atoms with Gasteiger partial charge in [-0.05, 0) is 61.0 Å². The smallest absolute Gasteiger partial charge is 0.296 e. The number of nitrogens with zero attached hydrogens (tertiary/aromatic N) is 1. The van der Waals surface area contributed by atoms with Gasteiger partial charge in [0.2, 0.25) is 0 Å². The number of hydrogen-bond acceptors (Lipinski definition) is 2. The molecule has 0 spiro atoms. The molecule has 7 heteroatoms. The van der Waals surface area contributed by atoms with E-state index in [2.05, 4.69) is 5.32 Å². The van der Waals surface area contributed by atoms with Gasteiger partial charge in [-0.25, -0.2) is 4.39 Å². The number of anilines is 1. The van der Waals surface area contributed by atoms with Crippen molar-refractivity contribution in [3.05, 3.63) is 99.4 Å². The van der Waals surface area contributed by atoms with Gasteiger partial charge >= 0.3 is 0 Å². The predicted octanol–water partition coefficient (Wildman–Crippen LogP) is 6.27. The van der Waals surface area contributed by atoms with Crippen LogP contribution in [0.5, 0.6) is 0 Å². The van der Waals surface area contributed by atoms with Crippen molar-refractivity contribution in [2.24, 2.45) is 0 Å². The molecular formula is C24H17Cl2FN2O2. The maximum Gasteiger partial charge on any atom is 0.296 e. The predicted molar refractivity (Wildman–Crippen MR) is 122 cm³/mol. The molecule has 0 atom stereocenters. The Kier molecular flexibility index (Phi) is 5.81. The number of Topliss-reactive ketones (excluding diaryl/α,β-unsaturated/α-hetero) is 1. The highest BCUT2D eigenvalue weighted by molar-refractivity contribution is 6.48. The van der Waals surface area contributed by atoms with Gasteiger partial charge in [0, 0.05) is 38.9 Å². The van der Waals surface area contributed by atoms with E-state index in [-0.39, 0.29) is 5.56 Å². The van der Waals surface area contributed by atoms with E-state index >= 15 is 0 Å². The summed E-state index contributed by atoms with van der Waals surface area (Å²) in [6.45, 7) is 2.18. The molecule has 0 saturated carbocycles. The van der Waals surface area contributed by atoms with E-state index in [1.54, 1.807) is 49.4 Å². The fourth-order valence-electron chi connectivity index (χ4n) is 3.58. The molecule has 0 bridgehead atoms. The van der Waals surface area contributed by atoms with Crippen molar-refractivity contribution >= 4 is 51.5 Å². The van der Waals surface area contributed by atoms with Gasteiger partial charge in [0.05, 0.1) is 5.56 Å². The van der Waals surface area contributed by atoms with Crippen molar-refractivity contribution < 1.29 is 14.0 Å². The van der Waals surface area contributed by atoms with E-state index in [0.29, 0.717) is 38.9 Å². The number of halogens is 3. The summed E-state index contributed by atoms with van der Waals surface area (Å²) in [5.41, 5.74) is 2.76. The Hall–Kier alpha value is -3.15. The average molecular weight is 455 g/mol. The van der Waals surface area contributed by atoms with E-state index in [0.717, 1.165) is 5.56 Å². The lowest BCUT2D eigenvalue weighted by atomic mass is 10.1. The first kappa shape index (κ1) is 21.1. The number of amides is 1. The van der Waals surface area contributed by atoms with Gasteiger partial charge in [0.1, 0.15) is 5.82 Å². The Morgan fingerprint density at radius 1 is 0.968 bits per heavy atom. The van der Waals surface area contributed by atoms with Crippen molar-refractivity contribution in [2.45, 2.75) is 13.5 Å². The number of rotatable bonds is 5. The summed E-state index contributed by atoms with van der Waals surface area (Å²) in [5.74, 6) is -2.05. The van der Waals surface area contributed by atoms with Gasteiger partial charge in [0.25, 0.3) is 11.7 Å². The van der Waals surface area contributed by atoms with Crippen LogP contribution in [0.3, 0.4) is 0 Å². The van der Waals surface area contributed by atoms with Crippen LogP contribution in [-0.2, 0) is 11.3 Å². The molecule has 0 radical (unpaired) electrons. The maximum atomic E-state index is 14.0. The van der Waals surface area contributed by atoms with Crippen LogP contribution in [-0.4, -0.2) is 16.3 Å². The lowest BCUT2D eigenvalue weighted by molar-refractivity contribution is -0.112. The number of hydrogen-bond donors (Lipinski definition) is 1. The van der Waals surface area contributed by atoms with Crippen molar-refractivity contribution in [3.8, 4) is 0 Å². The molecule has 1 N–H and O–H groups in total. The SMILES string of the molecule is Cc1c(C(=O)C(=O)Nc2cccc(Cl)c2)c2cc(F)ccc2n1Cc1ccc(Cl)cc1. The summed E-state index contributed by atoms with van der Waals surface area (Å²) in [6, 6.07) is 18.0. The van der Waals surface area contributed by atoms with E-state index in [9.17, 15) is 14.0 Å². The van der Waals surface area contributed by atoms with Crippen LogP contribution < -0.4 is 5.32 Å². The second kappa shape index (κ2) is 8.53. The number of ketones is 1. The first-order valence-electron chi connectivity index (χ1n) is 9.47. The molecule has 0 unspecified atom stereocenters. The normalized spacial score (nSPS) is 11.0. The third kappa shape index (κ3) is 4.33. The minimum atomic E-state index is -0.819. The van der Waals surface area contributed by atoms with Gasteiger partial charge in [-0.15, -0.1) is 0 Å². The zero-order valence-electron chi connectivity index (χ0n) is 16.5. The molecule has 0 fully saturated rings. The summed E-state index contributed by atoms with van der Waals surface area (Å²) in [5, 5.41) is 4.00. The van der Waals surface area contributed by atoms with Gasteiger partial charge in [-0.3, -0.25) is 9.59 Å². The number of benzene rings is 3. The van der Waals surface area contributed by atoms with Crippen LogP contribution in [0.25, 0.3) is 10.9 Å². The number of fused-ring (bicyclic) bond motifs is 1. The minimum Gasteiger partial charge on any atom is -0.340 e. The number of aromatic nitrogens is 1. The minimum absolute atomic E-state index is 0.169. The van der Waals surface area contributed by atoms with E-state index in [1.807, 2.05) is 16.7 Å². The molecule has 1 aromatic heterocycles. The van der Waals surface area contributed by atoms with Crippen LogP contribution in [0.1, 0.15) is 21.6 Å². The Bertz CT molecular complexity index is 1310. The zero-order chi connectivity index (χ0) is 22.1. The third-order valence-corrected chi connectivity index (χ3v) is 5.54. The van der Waals surface area contributed by atoms with E-state index in [1.165, 1.54) is 12.1 Å². The summed E-state index contributed by atoms with van der Waals surface area (Å²) in [7, 11) is 0. The molecule has 4 nitrogen and oxygen atoms in total. The van der Waals surface area contributed by atoms with Crippen molar-refractivity contribution in [1.29, 1.82) is 0 Å². The van der Waals surface area contributed by atoms with Gasteiger partial charge < -0.3 is 9.88 Å². The van der Waals surface area contributed by atoms with Gasteiger partial charge in [0.15, 0.2) is 0 Å². The first-order valence-corrected chi connectivity index (χ1v) is 10.2. The van der Waals surface area contributed by atoms with Crippen molar-refractivity contribution in [2.75, 3.05) is 5.32 Å². The highest BCUT2D eigenvalue weighted by Gasteiger charge is 2.25. The van der Waals surface area contributed by atoms with Crippen LogP contribution in [0, 0.1) is 12.7 Å². The fourth-order valence-corrected chi connectivity index (χ4v) is 3.90. The Labute approximate surface area is 188 Å². The third-order valence-electron chi connectivity index (χ3n) is 5.06.